The normalized spacial score (nSPS) is 9.79. The third-order valence-corrected chi connectivity index (χ3v) is 1.80. The first-order valence-electron chi connectivity index (χ1n) is 4.70. The molecule has 3 heteroatoms. The Kier molecular flexibility index (Phi) is 3.98. The van der Waals surface area contributed by atoms with Crippen molar-refractivity contribution < 1.29 is 9.84 Å². The van der Waals surface area contributed by atoms with Crippen molar-refractivity contribution in [3.05, 3.63) is 34.5 Å². The Morgan fingerprint density at radius 2 is 2.21 bits per heavy atom. The van der Waals surface area contributed by atoms with E-state index in [1.807, 2.05) is 6.92 Å². The largest absolute Gasteiger partial charge is 0.504 e. The Balaban J connectivity index is 2.81. The maximum atomic E-state index is 11.1. The van der Waals surface area contributed by atoms with Crippen molar-refractivity contribution in [1.82, 2.24) is 0 Å². The summed E-state index contributed by atoms with van der Waals surface area (Å²) in [5.74, 6) is 0.261. The highest BCUT2D eigenvalue weighted by Gasteiger charge is 1.99. The van der Waals surface area contributed by atoms with Gasteiger partial charge in [0.25, 0.3) is 0 Å². The second-order valence-electron chi connectivity index (χ2n) is 3.02. The number of ether oxygens (including phenoxy) is 1. The lowest BCUT2D eigenvalue weighted by molar-refractivity contribution is 0.293. The smallest absolute Gasteiger partial charge is 0.182 e. The molecular formula is C11H14O3. The van der Waals surface area contributed by atoms with Crippen molar-refractivity contribution in [2.45, 2.75) is 19.8 Å². The van der Waals surface area contributed by atoms with Crippen molar-refractivity contribution in [2.75, 3.05) is 6.61 Å². The lowest BCUT2D eigenvalue weighted by Gasteiger charge is -2.03. The standard InChI is InChI=1S/C11H14O3/c1-2-3-7-14-11-8-9(12)5-4-6-10(11)13/h4-6,8,13H,2-3,7H2,1H3. The topological polar surface area (TPSA) is 46.5 Å². The van der Waals surface area contributed by atoms with Crippen molar-refractivity contribution >= 4 is 0 Å². The Labute approximate surface area is 83.0 Å². The summed E-state index contributed by atoms with van der Waals surface area (Å²) in [7, 11) is 0. The van der Waals surface area contributed by atoms with Crippen LogP contribution in [0.1, 0.15) is 19.8 Å². The van der Waals surface area contributed by atoms with Crippen LogP contribution < -0.4 is 10.2 Å². The molecule has 0 aliphatic heterocycles. The third kappa shape index (κ3) is 3.09. The second kappa shape index (κ2) is 5.27. The van der Waals surface area contributed by atoms with Crippen LogP contribution in [0.25, 0.3) is 0 Å². The zero-order chi connectivity index (χ0) is 10.4. The van der Waals surface area contributed by atoms with Gasteiger partial charge in [-0.25, -0.2) is 0 Å². The molecule has 0 heterocycles. The molecule has 0 aliphatic rings. The quantitative estimate of drug-likeness (QED) is 0.745. The van der Waals surface area contributed by atoms with E-state index in [0.29, 0.717) is 6.61 Å². The van der Waals surface area contributed by atoms with E-state index < -0.39 is 0 Å². The minimum Gasteiger partial charge on any atom is -0.504 e. The molecule has 1 N–H and O–H groups in total. The fourth-order valence-corrected chi connectivity index (χ4v) is 1.01. The molecule has 3 nitrogen and oxygen atoms in total. The van der Waals surface area contributed by atoms with Crippen LogP contribution in [0, 0.1) is 0 Å². The van der Waals surface area contributed by atoms with E-state index in [9.17, 15) is 9.90 Å². The second-order valence-corrected chi connectivity index (χ2v) is 3.02. The highest BCUT2D eigenvalue weighted by atomic mass is 16.5. The summed E-state index contributed by atoms with van der Waals surface area (Å²) < 4.78 is 5.27. The summed E-state index contributed by atoms with van der Waals surface area (Å²) in [4.78, 5) is 11.1. The van der Waals surface area contributed by atoms with E-state index in [0.717, 1.165) is 12.8 Å². The summed E-state index contributed by atoms with van der Waals surface area (Å²) in [6.45, 7) is 2.57. The predicted octanol–water partition coefficient (Wildman–Crippen LogP) is 1.93. The maximum absolute atomic E-state index is 11.1. The van der Waals surface area contributed by atoms with Crippen LogP contribution in [-0.2, 0) is 0 Å². The summed E-state index contributed by atoms with van der Waals surface area (Å²) in [6, 6.07) is 5.63. The fraction of sp³-hybridized carbons (Fsp3) is 0.364. The van der Waals surface area contributed by atoms with E-state index in [1.165, 1.54) is 24.3 Å². The molecular weight excluding hydrogens is 180 g/mol. The number of unbranched alkanes of at least 4 members (excludes halogenated alkanes) is 1. The van der Waals surface area contributed by atoms with Crippen LogP contribution in [0.4, 0.5) is 0 Å². The number of hydrogen-bond donors (Lipinski definition) is 1. The van der Waals surface area contributed by atoms with Gasteiger partial charge in [0.1, 0.15) is 0 Å². The van der Waals surface area contributed by atoms with Gasteiger partial charge in [-0.15, -0.1) is 0 Å². The molecule has 0 amide bonds. The summed E-state index contributed by atoms with van der Waals surface area (Å²) in [6.07, 6.45) is 1.93. The average Bonchev–Trinajstić information content (AvgIpc) is 2.30. The van der Waals surface area contributed by atoms with Gasteiger partial charge in [-0.2, -0.15) is 0 Å². The van der Waals surface area contributed by atoms with Crippen molar-refractivity contribution in [2.24, 2.45) is 0 Å². The minimum absolute atomic E-state index is 0.00297. The minimum atomic E-state index is -0.170. The lowest BCUT2D eigenvalue weighted by atomic mass is 10.3. The maximum Gasteiger partial charge on any atom is 0.182 e. The molecule has 0 saturated carbocycles. The van der Waals surface area contributed by atoms with Gasteiger partial charge in [0.05, 0.1) is 6.61 Å². The third-order valence-electron chi connectivity index (χ3n) is 1.80. The van der Waals surface area contributed by atoms with E-state index in [-0.39, 0.29) is 16.9 Å². The van der Waals surface area contributed by atoms with Crippen molar-refractivity contribution in [3.8, 4) is 11.5 Å². The van der Waals surface area contributed by atoms with Gasteiger partial charge >= 0.3 is 0 Å². The molecule has 0 fully saturated rings. The highest BCUT2D eigenvalue weighted by Crippen LogP contribution is 2.21. The first-order chi connectivity index (χ1) is 6.74. The average molecular weight is 194 g/mol. The Bertz CT molecular complexity index is 347. The molecule has 1 aromatic carbocycles. The van der Waals surface area contributed by atoms with Gasteiger partial charge in [0, 0.05) is 6.07 Å². The fourth-order valence-electron chi connectivity index (χ4n) is 1.01. The van der Waals surface area contributed by atoms with Crippen LogP contribution in [0.5, 0.6) is 11.5 Å². The van der Waals surface area contributed by atoms with Gasteiger partial charge in [-0.1, -0.05) is 19.4 Å². The molecule has 0 aliphatic carbocycles. The molecule has 1 rings (SSSR count). The molecule has 0 unspecified atom stereocenters. The Hall–Kier alpha value is -1.51. The van der Waals surface area contributed by atoms with Gasteiger partial charge in [0.15, 0.2) is 16.9 Å². The molecule has 14 heavy (non-hydrogen) atoms. The van der Waals surface area contributed by atoms with E-state index in [4.69, 9.17) is 4.74 Å². The summed E-state index contributed by atoms with van der Waals surface area (Å²) in [5, 5.41) is 9.43. The number of hydrogen-bond acceptors (Lipinski definition) is 3. The van der Waals surface area contributed by atoms with Crippen LogP contribution in [-0.4, -0.2) is 11.7 Å². The Morgan fingerprint density at radius 1 is 1.43 bits per heavy atom. The molecule has 76 valence electrons. The molecule has 0 saturated heterocycles. The van der Waals surface area contributed by atoms with E-state index in [1.54, 1.807) is 0 Å². The van der Waals surface area contributed by atoms with Crippen LogP contribution in [0.3, 0.4) is 0 Å². The molecule has 0 aromatic heterocycles. The van der Waals surface area contributed by atoms with Crippen molar-refractivity contribution in [3.63, 3.8) is 0 Å². The SMILES string of the molecule is CCCCOc1cc(=O)cccc1O. The molecule has 1 aromatic rings. The summed E-state index contributed by atoms with van der Waals surface area (Å²) >= 11 is 0. The molecule has 0 bridgehead atoms. The van der Waals surface area contributed by atoms with Gasteiger partial charge in [0.2, 0.25) is 0 Å². The number of rotatable bonds is 4. The van der Waals surface area contributed by atoms with Gasteiger partial charge < -0.3 is 9.84 Å². The lowest BCUT2D eigenvalue weighted by Crippen LogP contribution is -1.98. The van der Waals surface area contributed by atoms with E-state index >= 15 is 0 Å². The first-order valence-corrected chi connectivity index (χ1v) is 4.70. The van der Waals surface area contributed by atoms with Crippen LogP contribution in [0.15, 0.2) is 29.1 Å². The van der Waals surface area contributed by atoms with Gasteiger partial charge in [-0.05, 0) is 18.6 Å². The highest BCUT2D eigenvalue weighted by molar-refractivity contribution is 5.36. The predicted molar refractivity (Wildman–Crippen MR) is 54.8 cm³/mol. The molecule has 0 spiro atoms. The van der Waals surface area contributed by atoms with E-state index in [2.05, 4.69) is 0 Å². The summed E-state index contributed by atoms with van der Waals surface area (Å²) in [5.41, 5.74) is -0.170. The Morgan fingerprint density at radius 3 is 2.93 bits per heavy atom. The molecule has 0 radical (unpaired) electrons. The monoisotopic (exact) mass is 194 g/mol. The molecule has 0 atom stereocenters. The van der Waals surface area contributed by atoms with Crippen LogP contribution in [0.2, 0.25) is 0 Å². The van der Waals surface area contributed by atoms with Gasteiger partial charge in [-0.3, -0.25) is 4.79 Å². The number of aromatic hydroxyl groups is 1. The first kappa shape index (κ1) is 10.6. The van der Waals surface area contributed by atoms with Crippen LogP contribution >= 0.6 is 0 Å². The zero-order valence-corrected chi connectivity index (χ0v) is 8.19. The van der Waals surface area contributed by atoms with Crippen molar-refractivity contribution in [1.29, 1.82) is 0 Å². The zero-order valence-electron chi connectivity index (χ0n) is 8.19.